The zero-order valence-electron chi connectivity index (χ0n) is 16.9. The van der Waals surface area contributed by atoms with Crippen LogP contribution in [0.3, 0.4) is 0 Å². The lowest BCUT2D eigenvalue weighted by Gasteiger charge is -2.02. The number of aromatic amines is 1. The molecule has 0 aliphatic heterocycles. The van der Waals surface area contributed by atoms with Gasteiger partial charge in [0.25, 0.3) is 0 Å². The minimum absolute atomic E-state index is 0.0866. The Labute approximate surface area is 183 Å². The summed E-state index contributed by atoms with van der Waals surface area (Å²) in [5.74, 6) is -5.04. The van der Waals surface area contributed by atoms with E-state index in [9.17, 15) is 22.8 Å². The number of hydrogen-bond acceptors (Lipinski definition) is 6. The Morgan fingerprint density at radius 1 is 1.09 bits per heavy atom. The van der Waals surface area contributed by atoms with Crippen molar-refractivity contribution in [3.63, 3.8) is 0 Å². The van der Waals surface area contributed by atoms with E-state index in [-0.39, 0.29) is 23.5 Å². The fraction of sp³-hybridized carbons (Fsp3) is 0.190. The van der Waals surface area contributed by atoms with Crippen molar-refractivity contribution in [2.45, 2.75) is 19.8 Å². The molecule has 4 rings (SSSR count). The summed E-state index contributed by atoms with van der Waals surface area (Å²) >= 11 is 1.33. The predicted molar refractivity (Wildman–Crippen MR) is 110 cm³/mol. The van der Waals surface area contributed by atoms with Crippen molar-refractivity contribution in [2.75, 3.05) is 0 Å². The molecule has 0 aliphatic carbocycles. The van der Waals surface area contributed by atoms with E-state index in [2.05, 4.69) is 20.3 Å². The van der Waals surface area contributed by atoms with Gasteiger partial charge in [-0.15, -0.1) is 10.2 Å². The minimum atomic E-state index is -1.31. The van der Waals surface area contributed by atoms with Crippen LogP contribution < -0.4 is 0 Å². The Balaban J connectivity index is 1.43. The Hall–Kier alpha value is -3.60. The van der Waals surface area contributed by atoms with Crippen molar-refractivity contribution in [1.82, 2.24) is 25.0 Å². The number of nitrogens with one attached hydrogen (secondary N) is 1. The first-order valence-corrected chi connectivity index (χ1v) is 10.3. The fourth-order valence-electron chi connectivity index (χ4n) is 3.07. The number of hydrogen-bond donors (Lipinski definition) is 1. The molecule has 0 saturated heterocycles. The summed E-state index contributed by atoms with van der Waals surface area (Å²) in [6, 6.07) is 3.96. The van der Waals surface area contributed by atoms with Crippen molar-refractivity contribution < 1.29 is 22.8 Å². The van der Waals surface area contributed by atoms with Crippen molar-refractivity contribution in [1.29, 1.82) is 0 Å². The molecule has 0 bridgehead atoms. The number of aryl methyl sites for hydroxylation is 3. The topological polar surface area (TPSA) is 93.5 Å². The number of H-pyrrole nitrogens is 1. The zero-order valence-corrected chi connectivity index (χ0v) is 17.8. The summed E-state index contributed by atoms with van der Waals surface area (Å²) in [5, 5.41) is 13.8. The molecular weight excluding hydrogens is 443 g/mol. The van der Waals surface area contributed by atoms with Crippen LogP contribution in [-0.4, -0.2) is 36.5 Å². The van der Waals surface area contributed by atoms with Crippen LogP contribution >= 0.6 is 11.3 Å². The molecule has 1 aromatic carbocycles. The van der Waals surface area contributed by atoms with Crippen LogP contribution in [0.4, 0.5) is 13.2 Å². The molecule has 0 saturated carbocycles. The van der Waals surface area contributed by atoms with Crippen LogP contribution in [0, 0.1) is 24.4 Å². The highest BCUT2D eigenvalue weighted by Gasteiger charge is 2.22. The Morgan fingerprint density at radius 3 is 2.47 bits per heavy atom. The first-order valence-electron chi connectivity index (χ1n) is 9.47. The quantitative estimate of drug-likeness (QED) is 0.421. The molecule has 0 unspecified atom stereocenters. The molecular formula is C21H16F3N5O2S. The van der Waals surface area contributed by atoms with E-state index in [0.717, 1.165) is 5.69 Å². The summed E-state index contributed by atoms with van der Waals surface area (Å²) < 4.78 is 42.5. The van der Waals surface area contributed by atoms with Gasteiger partial charge in [0, 0.05) is 49.5 Å². The van der Waals surface area contributed by atoms with E-state index in [0.29, 0.717) is 34.3 Å². The highest BCUT2D eigenvalue weighted by atomic mass is 32.1. The molecule has 4 aromatic rings. The second-order valence-corrected chi connectivity index (χ2v) is 8.16. The number of nitrogens with zero attached hydrogens (tertiary/aromatic N) is 4. The van der Waals surface area contributed by atoms with Gasteiger partial charge in [0.05, 0.1) is 11.3 Å². The Bertz CT molecular complexity index is 1300. The van der Waals surface area contributed by atoms with Gasteiger partial charge < -0.3 is 4.98 Å². The molecule has 0 spiro atoms. The van der Waals surface area contributed by atoms with Gasteiger partial charge >= 0.3 is 0 Å². The molecule has 11 heteroatoms. The van der Waals surface area contributed by atoms with E-state index >= 15 is 0 Å². The van der Waals surface area contributed by atoms with Gasteiger partial charge in [-0.05, 0) is 19.1 Å². The third kappa shape index (κ3) is 4.24. The number of carbonyl (C=O) groups excluding carboxylic acids is 2. The lowest BCUT2D eigenvalue weighted by molar-refractivity contribution is 0.0978. The molecule has 0 radical (unpaired) electrons. The fourth-order valence-corrected chi connectivity index (χ4v) is 3.86. The Kier molecular flexibility index (Phi) is 5.74. The first-order chi connectivity index (χ1) is 15.2. The van der Waals surface area contributed by atoms with Gasteiger partial charge in [-0.25, -0.2) is 13.2 Å². The van der Waals surface area contributed by atoms with E-state index in [4.69, 9.17) is 0 Å². The standard InChI is InChI=1S/C21H16F3N5O2S/c1-10-5-16(28-29(10)2)21-27-26-18(32-21)4-3-17(30)15-6-11(9-25-15)20(31)19-13(23)7-12(22)8-14(19)24/h5-9,25H,3-4H2,1-2H3. The largest absolute Gasteiger partial charge is 0.358 e. The predicted octanol–water partition coefficient (Wildman–Crippen LogP) is 4.04. The number of aromatic nitrogens is 5. The van der Waals surface area contributed by atoms with E-state index in [1.165, 1.54) is 23.6 Å². The molecule has 0 fully saturated rings. The highest BCUT2D eigenvalue weighted by Crippen LogP contribution is 2.24. The summed E-state index contributed by atoms with van der Waals surface area (Å²) in [7, 11) is 1.83. The first kappa shape index (κ1) is 21.6. The molecule has 0 atom stereocenters. The average Bonchev–Trinajstić information content (AvgIpc) is 3.46. The van der Waals surface area contributed by atoms with Gasteiger partial charge in [0.1, 0.15) is 28.2 Å². The van der Waals surface area contributed by atoms with Crippen LogP contribution in [0.25, 0.3) is 10.7 Å². The maximum absolute atomic E-state index is 13.9. The third-order valence-corrected chi connectivity index (χ3v) is 5.85. The number of carbonyl (C=O) groups is 2. The summed E-state index contributed by atoms with van der Waals surface area (Å²) in [4.78, 5) is 27.6. The number of rotatable bonds is 7. The van der Waals surface area contributed by atoms with Crippen LogP contribution in [0.15, 0.2) is 30.5 Å². The van der Waals surface area contributed by atoms with E-state index in [1.807, 2.05) is 20.0 Å². The zero-order chi connectivity index (χ0) is 23.0. The summed E-state index contributed by atoms with van der Waals surface area (Å²) in [5.41, 5.74) is 0.802. The minimum Gasteiger partial charge on any atom is -0.358 e. The van der Waals surface area contributed by atoms with Gasteiger partial charge in [0.15, 0.2) is 16.6 Å². The molecule has 3 aromatic heterocycles. The molecule has 3 heterocycles. The summed E-state index contributed by atoms with van der Waals surface area (Å²) in [6.45, 7) is 1.92. The molecule has 0 amide bonds. The summed E-state index contributed by atoms with van der Waals surface area (Å²) in [6.07, 6.45) is 1.60. The average molecular weight is 459 g/mol. The molecule has 0 aliphatic rings. The van der Waals surface area contributed by atoms with Crippen LogP contribution in [0.1, 0.15) is 43.5 Å². The lowest BCUT2D eigenvalue weighted by Crippen LogP contribution is -2.07. The second-order valence-electron chi connectivity index (χ2n) is 7.09. The van der Waals surface area contributed by atoms with E-state index in [1.54, 1.807) is 4.68 Å². The van der Waals surface area contributed by atoms with Crippen molar-refractivity contribution in [3.05, 3.63) is 75.4 Å². The number of benzene rings is 1. The maximum atomic E-state index is 13.9. The van der Waals surface area contributed by atoms with Crippen molar-refractivity contribution in [3.8, 4) is 10.7 Å². The SMILES string of the molecule is Cc1cc(-c2nnc(CCC(=O)c3cc(C(=O)c4c(F)cc(F)cc4F)c[nH]3)s2)nn1C. The van der Waals surface area contributed by atoms with Gasteiger partial charge in [-0.3, -0.25) is 14.3 Å². The van der Waals surface area contributed by atoms with Gasteiger partial charge in [0.2, 0.25) is 0 Å². The molecule has 32 heavy (non-hydrogen) atoms. The monoisotopic (exact) mass is 459 g/mol. The Morgan fingerprint density at radius 2 is 1.81 bits per heavy atom. The van der Waals surface area contributed by atoms with Crippen LogP contribution in [0.5, 0.6) is 0 Å². The van der Waals surface area contributed by atoms with Crippen molar-refractivity contribution >= 4 is 22.9 Å². The maximum Gasteiger partial charge on any atom is 0.200 e. The number of halogens is 3. The molecule has 164 valence electrons. The smallest absolute Gasteiger partial charge is 0.200 e. The van der Waals surface area contributed by atoms with Crippen molar-refractivity contribution in [2.24, 2.45) is 7.05 Å². The van der Waals surface area contributed by atoms with Crippen LogP contribution in [0.2, 0.25) is 0 Å². The van der Waals surface area contributed by atoms with Gasteiger partial charge in [-0.1, -0.05) is 11.3 Å². The second kappa shape index (κ2) is 8.50. The number of ketones is 2. The molecule has 7 nitrogen and oxygen atoms in total. The van der Waals surface area contributed by atoms with Crippen LogP contribution in [-0.2, 0) is 13.5 Å². The highest BCUT2D eigenvalue weighted by molar-refractivity contribution is 7.14. The normalized spacial score (nSPS) is 11.2. The lowest BCUT2D eigenvalue weighted by atomic mass is 10.0. The van der Waals surface area contributed by atoms with Gasteiger partial charge in [-0.2, -0.15) is 5.10 Å². The third-order valence-electron chi connectivity index (χ3n) is 4.85. The molecule has 1 N–H and O–H groups in total. The number of Topliss-reactive ketones (excluding diaryl/α,β-unsaturated/α-hetero) is 1. The van der Waals surface area contributed by atoms with E-state index < -0.39 is 28.8 Å².